The van der Waals surface area contributed by atoms with Crippen molar-refractivity contribution >= 4 is 39.2 Å². The SMILES string of the molecule is CCn1c(SCC(=O)NCc2ccc(OC)cc2)nc2sc3c(c2c1=O)CCCC3. The zero-order valence-electron chi connectivity index (χ0n) is 17.2. The highest BCUT2D eigenvalue weighted by Gasteiger charge is 2.22. The summed E-state index contributed by atoms with van der Waals surface area (Å²) in [7, 11) is 1.63. The standard InChI is InChI=1S/C22H25N3O3S2/c1-3-25-21(27)19-16-6-4-5-7-17(16)30-20(19)24-22(25)29-13-18(26)23-12-14-8-10-15(28-2)11-9-14/h8-11H,3-7,12-13H2,1-2H3,(H,23,26). The number of fused-ring (bicyclic) bond motifs is 3. The van der Waals surface area contributed by atoms with E-state index >= 15 is 0 Å². The van der Waals surface area contributed by atoms with Crippen LogP contribution in [0.5, 0.6) is 5.75 Å². The highest BCUT2D eigenvalue weighted by atomic mass is 32.2. The fourth-order valence-corrected chi connectivity index (χ4v) is 5.93. The number of aryl methyl sites for hydroxylation is 2. The maximum absolute atomic E-state index is 13.1. The Morgan fingerprint density at radius 2 is 2.03 bits per heavy atom. The second-order valence-electron chi connectivity index (χ2n) is 7.25. The van der Waals surface area contributed by atoms with E-state index in [1.165, 1.54) is 28.6 Å². The van der Waals surface area contributed by atoms with E-state index in [1.807, 2.05) is 31.2 Å². The lowest BCUT2D eigenvalue weighted by Gasteiger charge is -2.12. The summed E-state index contributed by atoms with van der Waals surface area (Å²) in [6.45, 7) is 2.94. The van der Waals surface area contributed by atoms with E-state index in [9.17, 15) is 9.59 Å². The Morgan fingerprint density at radius 3 is 2.77 bits per heavy atom. The summed E-state index contributed by atoms with van der Waals surface area (Å²) in [6.07, 6.45) is 4.32. The van der Waals surface area contributed by atoms with E-state index in [2.05, 4.69) is 5.32 Å². The largest absolute Gasteiger partial charge is 0.497 e. The van der Waals surface area contributed by atoms with Crippen molar-refractivity contribution < 1.29 is 9.53 Å². The van der Waals surface area contributed by atoms with Crippen molar-refractivity contribution in [3.63, 3.8) is 0 Å². The fourth-order valence-electron chi connectivity index (χ4n) is 3.73. The van der Waals surface area contributed by atoms with Crippen LogP contribution in [-0.2, 0) is 30.7 Å². The van der Waals surface area contributed by atoms with Gasteiger partial charge in [-0.25, -0.2) is 4.98 Å². The van der Waals surface area contributed by atoms with Gasteiger partial charge in [0.15, 0.2) is 5.16 Å². The number of carbonyl (C=O) groups excluding carboxylic acids is 1. The molecule has 1 aliphatic rings. The molecule has 0 saturated heterocycles. The van der Waals surface area contributed by atoms with Crippen molar-refractivity contribution in [1.82, 2.24) is 14.9 Å². The molecule has 0 radical (unpaired) electrons. The Hall–Kier alpha value is -2.32. The van der Waals surface area contributed by atoms with Crippen molar-refractivity contribution in [2.75, 3.05) is 12.9 Å². The monoisotopic (exact) mass is 443 g/mol. The molecule has 158 valence electrons. The predicted molar refractivity (Wildman–Crippen MR) is 122 cm³/mol. The molecule has 0 atom stereocenters. The molecule has 6 nitrogen and oxygen atoms in total. The zero-order chi connectivity index (χ0) is 21.1. The molecule has 8 heteroatoms. The number of nitrogens with one attached hydrogen (secondary N) is 1. The number of thiophene rings is 1. The first kappa shape index (κ1) is 20.9. The molecule has 0 aliphatic heterocycles. The molecule has 0 bridgehead atoms. The number of benzene rings is 1. The summed E-state index contributed by atoms with van der Waals surface area (Å²) in [5.74, 6) is 0.923. The van der Waals surface area contributed by atoms with Gasteiger partial charge in [0.1, 0.15) is 10.6 Å². The Bertz CT molecular complexity index is 1120. The Morgan fingerprint density at radius 1 is 1.27 bits per heavy atom. The quantitative estimate of drug-likeness (QED) is 0.444. The lowest BCUT2D eigenvalue weighted by molar-refractivity contribution is -0.118. The molecule has 0 fully saturated rings. The van der Waals surface area contributed by atoms with E-state index < -0.39 is 0 Å². The van der Waals surface area contributed by atoms with E-state index in [-0.39, 0.29) is 17.2 Å². The van der Waals surface area contributed by atoms with E-state index in [4.69, 9.17) is 9.72 Å². The maximum atomic E-state index is 13.1. The van der Waals surface area contributed by atoms with Gasteiger partial charge in [-0.3, -0.25) is 14.2 Å². The summed E-state index contributed by atoms with van der Waals surface area (Å²) in [5, 5.41) is 4.34. The summed E-state index contributed by atoms with van der Waals surface area (Å²) < 4.78 is 6.85. The van der Waals surface area contributed by atoms with Crippen LogP contribution < -0.4 is 15.6 Å². The topological polar surface area (TPSA) is 73.2 Å². The van der Waals surface area contributed by atoms with Crippen LogP contribution in [0.4, 0.5) is 0 Å². The van der Waals surface area contributed by atoms with Gasteiger partial charge in [-0.1, -0.05) is 23.9 Å². The third-order valence-electron chi connectivity index (χ3n) is 5.34. The minimum atomic E-state index is -0.0849. The first-order chi connectivity index (χ1) is 14.6. The zero-order valence-corrected chi connectivity index (χ0v) is 18.8. The van der Waals surface area contributed by atoms with Crippen molar-refractivity contribution in [1.29, 1.82) is 0 Å². The number of ether oxygens (including phenoxy) is 1. The van der Waals surface area contributed by atoms with Crippen LogP contribution >= 0.6 is 23.1 Å². The number of methoxy groups -OCH3 is 1. The summed E-state index contributed by atoms with van der Waals surface area (Å²) in [4.78, 5) is 32.4. The van der Waals surface area contributed by atoms with E-state index in [1.54, 1.807) is 23.0 Å². The van der Waals surface area contributed by atoms with Crippen LogP contribution in [0.15, 0.2) is 34.2 Å². The smallest absolute Gasteiger partial charge is 0.263 e. The van der Waals surface area contributed by atoms with Gasteiger partial charge >= 0.3 is 0 Å². The number of hydrogen-bond acceptors (Lipinski definition) is 6. The molecule has 2 aromatic heterocycles. The maximum Gasteiger partial charge on any atom is 0.263 e. The van der Waals surface area contributed by atoms with Gasteiger partial charge in [0.25, 0.3) is 5.56 Å². The first-order valence-corrected chi connectivity index (χ1v) is 12.0. The Balaban J connectivity index is 1.46. The van der Waals surface area contributed by atoms with Gasteiger partial charge in [0.05, 0.1) is 18.2 Å². The van der Waals surface area contributed by atoms with Gasteiger partial charge in [0.2, 0.25) is 5.91 Å². The van der Waals surface area contributed by atoms with E-state index in [0.29, 0.717) is 18.2 Å². The lowest BCUT2D eigenvalue weighted by atomic mass is 9.97. The molecule has 0 unspecified atom stereocenters. The summed E-state index contributed by atoms with van der Waals surface area (Å²) in [6, 6.07) is 7.59. The minimum Gasteiger partial charge on any atom is -0.497 e. The highest BCUT2D eigenvalue weighted by Crippen LogP contribution is 2.34. The van der Waals surface area contributed by atoms with Crippen LogP contribution in [0.2, 0.25) is 0 Å². The molecule has 1 aliphatic carbocycles. The fraction of sp³-hybridized carbons (Fsp3) is 0.409. The van der Waals surface area contributed by atoms with Crippen LogP contribution in [0.3, 0.4) is 0 Å². The average Bonchev–Trinajstić information content (AvgIpc) is 3.15. The number of rotatable bonds is 7. The lowest BCUT2D eigenvalue weighted by Crippen LogP contribution is -2.26. The van der Waals surface area contributed by atoms with Crippen LogP contribution in [0.25, 0.3) is 10.2 Å². The summed E-state index contributed by atoms with van der Waals surface area (Å²) >= 11 is 2.97. The van der Waals surface area contributed by atoms with Crippen LogP contribution in [-0.4, -0.2) is 28.3 Å². The number of nitrogens with zero attached hydrogens (tertiary/aromatic N) is 2. The minimum absolute atomic E-state index is 0.0306. The molecular weight excluding hydrogens is 418 g/mol. The molecule has 3 aromatic rings. The van der Waals surface area contributed by atoms with Crippen LogP contribution in [0.1, 0.15) is 35.8 Å². The number of hydrogen-bond donors (Lipinski definition) is 1. The van der Waals surface area contributed by atoms with Gasteiger partial charge in [0, 0.05) is 18.0 Å². The number of aromatic nitrogens is 2. The van der Waals surface area contributed by atoms with Crippen LogP contribution in [0, 0.1) is 0 Å². The van der Waals surface area contributed by atoms with Crippen molar-refractivity contribution in [3.05, 3.63) is 50.6 Å². The van der Waals surface area contributed by atoms with Crippen molar-refractivity contribution in [2.24, 2.45) is 0 Å². The molecule has 0 saturated carbocycles. The molecule has 1 aromatic carbocycles. The van der Waals surface area contributed by atoms with Crippen molar-refractivity contribution in [3.8, 4) is 5.75 Å². The number of thioether (sulfide) groups is 1. The number of amides is 1. The molecule has 0 spiro atoms. The first-order valence-electron chi connectivity index (χ1n) is 10.2. The van der Waals surface area contributed by atoms with Gasteiger partial charge < -0.3 is 10.1 Å². The third kappa shape index (κ3) is 4.25. The second kappa shape index (κ2) is 9.22. The Kier molecular flexibility index (Phi) is 6.43. The van der Waals surface area contributed by atoms with Gasteiger partial charge in [-0.2, -0.15) is 0 Å². The normalized spacial score (nSPS) is 13.3. The Labute approximate surface area is 183 Å². The number of carbonyl (C=O) groups is 1. The second-order valence-corrected chi connectivity index (χ2v) is 9.27. The molecule has 2 heterocycles. The van der Waals surface area contributed by atoms with Gasteiger partial charge in [-0.15, -0.1) is 11.3 Å². The average molecular weight is 444 g/mol. The predicted octanol–water partition coefficient (Wildman–Crippen LogP) is 3.77. The molecule has 30 heavy (non-hydrogen) atoms. The molecule has 1 amide bonds. The molecular formula is C22H25N3O3S2. The van der Waals surface area contributed by atoms with E-state index in [0.717, 1.165) is 40.8 Å². The molecule has 1 N–H and O–H groups in total. The highest BCUT2D eigenvalue weighted by molar-refractivity contribution is 7.99. The third-order valence-corrected chi connectivity index (χ3v) is 7.50. The summed E-state index contributed by atoms with van der Waals surface area (Å²) in [5.41, 5.74) is 2.24. The van der Waals surface area contributed by atoms with Gasteiger partial charge in [-0.05, 0) is 55.9 Å². The van der Waals surface area contributed by atoms with Crippen molar-refractivity contribution in [2.45, 2.75) is 50.9 Å². The molecule has 4 rings (SSSR count).